The van der Waals surface area contributed by atoms with Crippen LogP contribution in [0.4, 0.5) is 22.0 Å². The van der Waals surface area contributed by atoms with E-state index in [4.69, 9.17) is 0 Å². The highest BCUT2D eigenvalue weighted by Gasteiger charge is 2.63. The molecule has 0 aromatic rings. The molecule has 14 heavy (non-hydrogen) atoms. The van der Waals surface area contributed by atoms with Crippen LogP contribution in [0.25, 0.3) is 0 Å². The highest BCUT2D eigenvalue weighted by Crippen LogP contribution is 2.36. The van der Waals surface area contributed by atoms with Crippen LogP contribution in [0, 0.1) is 0 Å². The first kappa shape index (κ1) is 11.2. The zero-order valence-electron chi connectivity index (χ0n) is 7.00. The second-order valence-electron chi connectivity index (χ2n) is 3.17. The van der Waals surface area contributed by atoms with E-state index in [1.807, 2.05) is 0 Å². The number of nitrogens with one attached hydrogen (secondary N) is 1. The largest absolute Gasteiger partial charge is 0.463 e. The summed E-state index contributed by atoms with van der Waals surface area (Å²) < 4.78 is 59.6. The van der Waals surface area contributed by atoms with E-state index in [1.54, 1.807) is 5.32 Å². The molecular weight excluding hydrogens is 209 g/mol. The summed E-state index contributed by atoms with van der Waals surface area (Å²) in [4.78, 5) is 10.5. The lowest BCUT2D eigenvalue weighted by atomic mass is 9.93. The van der Waals surface area contributed by atoms with Crippen molar-refractivity contribution in [2.24, 2.45) is 0 Å². The third kappa shape index (κ3) is 1.96. The van der Waals surface area contributed by atoms with Gasteiger partial charge in [-0.25, -0.2) is 0 Å². The summed E-state index contributed by atoms with van der Waals surface area (Å²) in [5, 5.41) is 1.65. The van der Waals surface area contributed by atoms with Gasteiger partial charge in [0.15, 0.2) is 0 Å². The van der Waals surface area contributed by atoms with Crippen LogP contribution in [0.15, 0.2) is 0 Å². The Morgan fingerprint density at radius 3 is 1.93 bits per heavy atom. The molecule has 0 atom stereocenters. The monoisotopic (exact) mass is 217 g/mol. The van der Waals surface area contributed by atoms with Gasteiger partial charge in [-0.3, -0.25) is 4.79 Å². The van der Waals surface area contributed by atoms with Gasteiger partial charge in [-0.15, -0.1) is 0 Å². The Morgan fingerprint density at radius 2 is 1.64 bits per heavy atom. The first-order valence-corrected chi connectivity index (χ1v) is 4.00. The van der Waals surface area contributed by atoms with Gasteiger partial charge >= 0.3 is 18.0 Å². The van der Waals surface area contributed by atoms with E-state index < -0.39 is 24.0 Å². The van der Waals surface area contributed by atoms with E-state index in [9.17, 15) is 26.7 Å². The minimum absolute atomic E-state index is 0.458. The molecule has 1 amide bonds. The molecular formula is C7H8F5NO. The molecule has 1 fully saturated rings. The molecule has 2 nitrogen and oxygen atoms in total. The molecule has 1 N–H and O–H groups in total. The fourth-order valence-corrected chi connectivity index (χ4v) is 0.957. The van der Waals surface area contributed by atoms with Crippen LogP contribution in [-0.4, -0.2) is 24.0 Å². The Labute approximate surface area is 76.5 Å². The third-order valence-corrected chi connectivity index (χ3v) is 2.08. The average molecular weight is 217 g/mol. The summed E-state index contributed by atoms with van der Waals surface area (Å²) in [5.41, 5.74) is 0. The number of alkyl halides is 5. The molecule has 0 spiro atoms. The molecule has 0 radical (unpaired) electrons. The Morgan fingerprint density at radius 1 is 1.14 bits per heavy atom. The van der Waals surface area contributed by atoms with Crippen LogP contribution in [0.1, 0.15) is 19.3 Å². The van der Waals surface area contributed by atoms with Gasteiger partial charge in [-0.05, 0) is 19.3 Å². The summed E-state index contributed by atoms with van der Waals surface area (Å²) in [5.74, 6) is -7.54. The second kappa shape index (κ2) is 3.36. The molecule has 1 aliphatic carbocycles. The molecule has 0 bridgehead atoms. The summed E-state index contributed by atoms with van der Waals surface area (Å²) in [6.45, 7) is 0. The zero-order valence-corrected chi connectivity index (χ0v) is 7.00. The smallest absolute Gasteiger partial charge is 0.348 e. The number of hydrogen-bond donors (Lipinski definition) is 1. The van der Waals surface area contributed by atoms with Crippen molar-refractivity contribution in [3.05, 3.63) is 0 Å². The number of rotatable bonds is 2. The van der Waals surface area contributed by atoms with Gasteiger partial charge in [0, 0.05) is 6.04 Å². The van der Waals surface area contributed by atoms with Crippen molar-refractivity contribution in [3.63, 3.8) is 0 Å². The van der Waals surface area contributed by atoms with E-state index >= 15 is 0 Å². The molecule has 0 aliphatic heterocycles. The number of hydrogen-bond acceptors (Lipinski definition) is 1. The number of halogens is 5. The molecule has 0 aromatic carbocycles. The van der Waals surface area contributed by atoms with Crippen LogP contribution in [0.2, 0.25) is 0 Å². The van der Waals surface area contributed by atoms with Crippen molar-refractivity contribution in [2.75, 3.05) is 0 Å². The lowest BCUT2D eigenvalue weighted by Gasteiger charge is -2.28. The van der Waals surface area contributed by atoms with Crippen molar-refractivity contribution in [2.45, 2.75) is 37.4 Å². The van der Waals surface area contributed by atoms with Crippen LogP contribution in [0.3, 0.4) is 0 Å². The Bertz CT molecular complexity index is 233. The van der Waals surface area contributed by atoms with Gasteiger partial charge in [0.05, 0.1) is 0 Å². The van der Waals surface area contributed by atoms with E-state index in [0.29, 0.717) is 12.8 Å². The lowest BCUT2D eigenvalue weighted by Crippen LogP contribution is -2.54. The molecule has 0 aromatic heterocycles. The molecule has 0 saturated heterocycles. The molecule has 1 aliphatic rings. The first-order valence-electron chi connectivity index (χ1n) is 4.00. The van der Waals surface area contributed by atoms with Crippen molar-refractivity contribution < 1.29 is 26.7 Å². The molecule has 1 rings (SSSR count). The van der Waals surface area contributed by atoms with Crippen LogP contribution < -0.4 is 5.32 Å². The van der Waals surface area contributed by atoms with Crippen LogP contribution in [-0.2, 0) is 4.79 Å². The minimum atomic E-state index is -5.82. The van der Waals surface area contributed by atoms with Crippen LogP contribution >= 0.6 is 0 Å². The van der Waals surface area contributed by atoms with Gasteiger partial charge in [0.25, 0.3) is 0 Å². The van der Waals surface area contributed by atoms with Crippen LogP contribution in [0.5, 0.6) is 0 Å². The summed E-state index contributed by atoms with van der Waals surface area (Å²) >= 11 is 0. The van der Waals surface area contributed by atoms with Gasteiger partial charge in [0.1, 0.15) is 0 Å². The maximum Gasteiger partial charge on any atom is 0.463 e. The molecule has 1 saturated carbocycles. The van der Waals surface area contributed by atoms with Gasteiger partial charge in [-0.2, -0.15) is 22.0 Å². The SMILES string of the molecule is O=C(NC1CCC1)C(F)(F)C(F)(F)F. The molecule has 7 heteroatoms. The normalized spacial score (nSPS) is 18.9. The highest BCUT2D eigenvalue weighted by atomic mass is 19.4. The maximum atomic E-state index is 12.3. The van der Waals surface area contributed by atoms with E-state index in [0.717, 1.165) is 6.42 Å². The topological polar surface area (TPSA) is 29.1 Å². The zero-order chi connectivity index (χ0) is 11.0. The van der Waals surface area contributed by atoms with Gasteiger partial charge < -0.3 is 5.32 Å². The van der Waals surface area contributed by atoms with Crippen molar-refractivity contribution in [3.8, 4) is 0 Å². The number of carbonyl (C=O) groups is 1. The summed E-state index contributed by atoms with van der Waals surface area (Å²) in [6.07, 6.45) is -4.16. The van der Waals surface area contributed by atoms with Crippen molar-refractivity contribution in [1.82, 2.24) is 5.32 Å². The number of carbonyl (C=O) groups excluding carboxylic acids is 1. The average Bonchev–Trinajstić information content (AvgIpc) is 1.93. The van der Waals surface area contributed by atoms with Gasteiger partial charge in [0.2, 0.25) is 0 Å². The Hall–Kier alpha value is -0.880. The van der Waals surface area contributed by atoms with Gasteiger partial charge in [-0.1, -0.05) is 0 Å². The van der Waals surface area contributed by atoms with Crippen molar-refractivity contribution >= 4 is 5.91 Å². The minimum Gasteiger partial charge on any atom is -0.348 e. The predicted molar refractivity (Wildman–Crippen MR) is 36.8 cm³/mol. The highest BCUT2D eigenvalue weighted by molar-refractivity contribution is 5.84. The Balaban J connectivity index is 2.57. The van der Waals surface area contributed by atoms with Crippen molar-refractivity contribution in [1.29, 1.82) is 0 Å². The van der Waals surface area contributed by atoms with E-state index in [1.165, 1.54) is 0 Å². The van der Waals surface area contributed by atoms with E-state index in [-0.39, 0.29) is 0 Å². The fraction of sp³-hybridized carbons (Fsp3) is 0.857. The Kier molecular flexibility index (Phi) is 2.69. The summed E-state index contributed by atoms with van der Waals surface area (Å²) in [6, 6.07) is -0.532. The second-order valence-corrected chi connectivity index (χ2v) is 3.17. The summed E-state index contributed by atoms with van der Waals surface area (Å²) in [7, 11) is 0. The maximum absolute atomic E-state index is 12.3. The van der Waals surface area contributed by atoms with E-state index in [2.05, 4.69) is 0 Å². The lowest BCUT2D eigenvalue weighted by molar-refractivity contribution is -0.270. The standard InChI is InChI=1S/C7H8F5NO/c8-6(9,7(10,11)12)5(14)13-4-2-1-3-4/h4H,1-3H2,(H,13,14). The molecule has 0 unspecified atom stereocenters. The molecule has 82 valence electrons. The number of amides is 1. The first-order chi connectivity index (χ1) is 6.25. The fourth-order valence-electron chi connectivity index (χ4n) is 0.957. The predicted octanol–water partition coefficient (Wildman–Crippen LogP) is 1.85. The quantitative estimate of drug-likeness (QED) is 0.702. The third-order valence-electron chi connectivity index (χ3n) is 2.08. The molecule has 0 heterocycles.